The molecule has 1 aromatic carbocycles. The van der Waals surface area contributed by atoms with E-state index in [1.165, 1.54) is 18.2 Å². The third-order valence-corrected chi connectivity index (χ3v) is 6.02. The number of fused-ring (bicyclic) bond motifs is 1. The number of anilines is 3. The number of aromatic amines is 1. The number of carbonyl (C=O) groups is 3. The van der Waals surface area contributed by atoms with Gasteiger partial charge < -0.3 is 21.3 Å². The standard InChI is InChI=1S/C20H20Cl2N6O4/c21-10-5-11(22)7-12(6-10)24-18(31)13-8-14(29)25-17-15(13)19(32)27-20(26-17)28-3-1-9(2-4-28)16(23)30/h5-7,9,13H,1-4,8H2,(H2,23,30)(H,24,31)(H2,25,26,27,29,32)/t13-/m0/s1. The van der Waals surface area contributed by atoms with Gasteiger partial charge in [0.1, 0.15) is 5.82 Å². The fourth-order valence-electron chi connectivity index (χ4n) is 3.96. The average molecular weight is 479 g/mol. The maximum Gasteiger partial charge on any atom is 0.258 e. The van der Waals surface area contributed by atoms with Crippen LogP contribution in [-0.4, -0.2) is 40.8 Å². The first kappa shape index (κ1) is 22.1. The topological polar surface area (TPSA) is 150 Å². The van der Waals surface area contributed by atoms with Gasteiger partial charge in [-0.2, -0.15) is 4.98 Å². The number of carbonyl (C=O) groups excluding carboxylic acids is 3. The van der Waals surface area contributed by atoms with Crippen LogP contribution in [0.5, 0.6) is 0 Å². The van der Waals surface area contributed by atoms with Gasteiger partial charge in [-0.25, -0.2) is 0 Å². The molecule has 1 aromatic heterocycles. The van der Waals surface area contributed by atoms with Gasteiger partial charge in [-0.3, -0.25) is 24.2 Å². The van der Waals surface area contributed by atoms with Crippen molar-refractivity contribution in [2.24, 2.45) is 11.7 Å². The predicted octanol–water partition coefficient (Wildman–Crippen LogP) is 1.84. The molecule has 5 N–H and O–H groups in total. The van der Waals surface area contributed by atoms with E-state index in [1.807, 2.05) is 4.90 Å². The van der Waals surface area contributed by atoms with Crippen molar-refractivity contribution >= 4 is 58.4 Å². The van der Waals surface area contributed by atoms with Gasteiger partial charge in [-0.15, -0.1) is 0 Å². The smallest absolute Gasteiger partial charge is 0.258 e. The Balaban J connectivity index is 1.60. The number of rotatable bonds is 4. The number of hydrogen-bond acceptors (Lipinski definition) is 6. The molecule has 0 unspecified atom stereocenters. The molecule has 1 atom stereocenters. The summed E-state index contributed by atoms with van der Waals surface area (Å²) in [5.41, 5.74) is 5.26. The number of amides is 3. The highest BCUT2D eigenvalue weighted by molar-refractivity contribution is 6.35. The number of hydrogen-bond donors (Lipinski definition) is 4. The van der Waals surface area contributed by atoms with Crippen molar-refractivity contribution in [2.45, 2.75) is 25.2 Å². The molecule has 0 bridgehead atoms. The second-order valence-corrected chi connectivity index (χ2v) is 8.64. The van der Waals surface area contributed by atoms with E-state index in [-0.39, 0.29) is 35.6 Å². The molecule has 1 fully saturated rings. The number of primary amides is 1. The summed E-state index contributed by atoms with van der Waals surface area (Å²) in [4.78, 5) is 58.4. The van der Waals surface area contributed by atoms with E-state index in [4.69, 9.17) is 28.9 Å². The van der Waals surface area contributed by atoms with Crippen molar-refractivity contribution < 1.29 is 14.4 Å². The van der Waals surface area contributed by atoms with E-state index < -0.39 is 23.3 Å². The van der Waals surface area contributed by atoms with Crippen LogP contribution in [0.2, 0.25) is 10.0 Å². The number of nitrogens with zero attached hydrogens (tertiary/aromatic N) is 2. The zero-order valence-corrected chi connectivity index (χ0v) is 18.3. The Bertz CT molecular complexity index is 1140. The monoisotopic (exact) mass is 478 g/mol. The summed E-state index contributed by atoms with van der Waals surface area (Å²) >= 11 is 11.9. The quantitative estimate of drug-likeness (QED) is 0.526. The number of nitrogens with one attached hydrogen (secondary N) is 3. The van der Waals surface area contributed by atoms with Gasteiger partial charge >= 0.3 is 0 Å². The molecule has 0 spiro atoms. The van der Waals surface area contributed by atoms with Gasteiger partial charge in [0.15, 0.2) is 0 Å². The SMILES string of the molecule is NC(=O)C1CCN(c2nc3c(c(=O)[nH]2)[C@@H](C(=O)Nc2cc(Cl)cc(Cl)c2)CC(=O)N3)CC1. The molecule has 2 aliphatic heterocycles. The molecule has 0 aliphatic carbocycles. The normalized spacial score (nSPS) is 18.6. The van der Waals surface area contributed by atoms with E-state index in [9.17, 15) is 19.2 Å². The summed E-state index contributed by atoms with van der Waals surface area (Å²) in [7, 11) is 0. The minimum absolute atomic E-state index is 0.0429. The summed E-state index contributed by atoms with van der Waals surface area (Å²) in [5, 5.41) is 5.90. The maximum atomic E-state index is 12.9. The molecular formula is C20H20Cl2N6O4. The molecule has 1 saturated heterocycles. The highest BCUT2D eigenvalue weighted by atomic mass is 35.5. The van der Waals surface area contributed by atoms with Gasteiger partial charge in [-0.1, -0.05) is 23.2 Å². The number of benzene rings is 1. The van der Waals surface area contributed by atoms with Crippen LogP contribution in [0.25, 0.3) is 0 Å². The third-order valence-electron chi connectivity index (χ3n) is 5.58. The molecule has 10 nitrogen and oxygen atoms in total. The molecule has 3 amide bonds. The fourth-order valence-corrected chi connectivity index (χ4v) is 4.49. The zero-order valence-electron chi connectivity index (χ0n) is 16.8. The lowest BCUT2D eigenvalue weighted by Gasteiger charge is -2.32. The number of halogens is 2. The molecular weight excluding hydrogens is 459 g/mol. The van der Waals surface area contributed by atoms with Crippen LogP contribution in [0.3, 0.4) is 0 Å². The van der Waals surface area contributed by atoms with Crippen LogP contribution in [0.4, 0.5) is 17.5 Å². The number of aromatic nitrogens is 2. The molecule has 2 aromatic rings. The van der Waals surface area contributed by atoms with Crippen LogP contribution in [-0.2, 0) is 14.4 Å². The average Bonchev–Trinajstić information content (AvgIpc) is 2.72. The first-order valence-electron chi connectivity index (χ1n) is 9.96. The minimum Gasteiger partial charge on any atom is -0.369 e. The van der Waals surface area contributed by atoms with Gasteiger partial charge in [-0.05, 0) is 31.0 Å². The number of nitrogens with two attached hydrogens (primary N) is 1. The Labute approximate surface area is 192 Å². The van der Waals surface area contributed by atoms with Crippen molar-refractivity contribution in [2.75, 3.05) is 28.6 Å². The van der Waals surface area contributed by atoms with E-state index in [2.05, 4.69) is 20.6 Å². The Morgan fingerprint density at radius 2 is 1.78 bits per heavy atom. The lowest BCUT2D eigenvalue weighted by molar-refractivity contribution is -0.123. The molecule has 2 aliphatic rings. The second-order valence-electron chi connectivity index (χ2n) is 7.77. The minimum atomic E-state index is -1.04. The van der Waals surface area contributed by atoms with Crippen molar-refractivity contribution in [1.82, 2.24) is 9.97 Å². The number of H-pyrrole nitrogens is 1. The van der Waals surface area contributed by atoms with Gasteiger partial charge in [0.2, 0.25) is 23.7 Å². The van der Waals surface area contributed by atoms with Gasteiger partial charge in [0.25, 0.3) is 5.56 Å². The summed E-state index contributed by atoms with van der Waals surface area (Å²) in [6.45, 7) is 0.950. The first-order chi connectivity index (χ1) is 15.2. The van der Waals surface area contributed by atoms with Crippen LogP contribution >= 0.6 is 23.2 Å². The largest absolute Gasteiger partial charge is 0.369 e. The maximum absolute atomic E-state index is 12.9. The van der Waals surface area contributed by atoms with Gasteiger partial charge in [0.05, 0.1) is 11.5 Å². The molecule has 0 saturated carbocycles. The van der Waals surface area contributed by atoms with Crippen LogP contribution in [0, 0.1) is 5.92 Å². The van der Waals surface area contributed by atoms with Crippen molar-refractivity contribution in [3.05, 3.63) is 44.2 Å². The van der Waals surface area contributed by atoms with Crippen molar-refractivity contribution in [3.8, 4) is 0 Å². The molecule has 4 rings (SSSR count). The Morgan fingerprint density at radius 1 is 1.12 bits per heavy atom. The highest BCUT2D eigenvalue weighted by Gasteiger charge is 2.35. The van der Waals surface area contributed by atoms with Crippen LogP contribution in [0.15, 0.2) is 23.0 Å². The van der Waals surface area contributed by atoms with E-state index >= 15 is 0 Å². The Morgan fingerprint density at radius 3 is 2.41 bits per heavy atom. The van der Waals surface area contributed by atoms with Crippen molar-refractivity contribution in [3.63, 3.8) is 0 Å². The lowest BCUT2D eigenvalue weighted by Crippen LogP contribution is -2.41. The van der Waals surface area contributed by atoms with E-state index in [0.29, 0.717) is 41.7 Å². The van der Waals surface area contributed by atoms with Crippen molar-refractivity contribution in [1.29, 1.82) is 0 Å². The summed E-state index contributed by atoms with van der Waals surface area (Å²) in [6.07, 6.45) is 0.868. The van der Waals surface area contributed by atoms with Crippen LogP contribution in [0.1, 0.15) is 30.7 Å². The number of piperidine rings is 1. The summed E-state index contributed by atoms with van der Waals surface area (Å²) < 4.78 is 0. The Hall–Kier alpha value is -3.11. The first-order valence-corrected chi connectivity index (χ1v) is 10.7. The van der Waals surface area contributed by atoms with Gasteiger partial charge in [0, 0.05) is 41.2 Å². The summed E-state index contributed by atoms with van der Waals surface area (Å²) in [5.74, 6) is -2.29. The lowest BCUT2D eigenvalue weighted by atomic mass is 9.92. The van der Waals surface area contributed by atoms with E-state index in [0.717, 1.165) is 0 Å². The molecule has 12 heteroatoms. The summed E-state index contributed by atoms with van der Waals surface area (Å²) in [6, 6.07) is 4.54. The molecule has 168 valence electrons. The molecule has 32 heavy (non-hydrogen) atoms. The predicted molar refractivity (Wildman–Crippen MR) is 120 cm³/mol. The van der Waals surface area contributed by atoms with E-state index in [1.54, 1.807) is 0 Å². The third kappa shape index (κ3) is 4.56. The highest BCUT2D eigenvalue weighted by Crippen LogP contribution is 2.31. The van der Waals surface area contributed by atoms with Crippen LogP contribution < -0.4 is 26.8 Å². The zero-order chi connectivity index (χ0) is 23.0. The Kier molecular flexibility index (Phi) is 6.07. The molecule has 0 radical (unpaired) electrons. The second kappa shape index (κ2) is 8.79. The molecule has 3 heterocycles. The fraction of sp³-hybridized carbons (Fsp3) is 0.350.